The largest absolute Gasteiger partial charge is 0.271 e. The Morgan fingerprint density at radius 3 is 2.35 bits per heavy atom. The molecule has 132 valence electrons. The number of imide groups is 1. The predicted molar refractivity (Wildman–Crippen MR) is 97.6 cm³/mol. The number of fused-ring (bicyclic) bond motifs is 1. The van der Waals surface area contributed by atoms with Crippen LogP contribution in [0.25, 0.3) is 0 Å². The standard InChI is InChI=1S/C20H20N4O2/c1-12-4-7-15(8-5-12)11-23-18-17(21-22-23)19(25)24(20(18)26)16-9-6-13(2)14(3)10-16/h4-10,17-18H,11H2,1-3H3/t17-,18+/m1/s1. The molecule has 2 amide bonds. The number of carbonyl (C=O) groups is 2. The van der Waals surface area contributed by atoms with Crippen LogP contribution in [0.3, 0.4) is 0 Å². The SMILES string of the molecule is Cc1ccc(CN2N=N[C@H]3C(=O)N(c4ccc(C)c(C)c4)C(=O)[C@H]32)cc1. The number of anilines is 1. The van der Waals surface area contributed by atoms with E-state index < -0.39 is 12.1 Å². The lowest BCUT2D eigenvalue weighted by molar-refractivity contribution is -0.123. The summed E-state index contributed by atoms with van der Waals surface area (Å²) in [7, 11) is 0. The van der Waals surface area contributed by atoms with Crippen LogP contribution in [-0.4, -0.2) is 28.9 Å². The fraction of sp³-hybridized carbons (Fsp3) is 0.300. The van der Waals surface area contributed by atoms with Crippen molar-refractivity contribution in [2.24, 2.45) is 10.3 Å². The molecule has 0 radical (unpaired) electrons. The van der Waals surface area contributed by atoms with Gasteiger partial charge in [0.1, 0.15) is 0 Å². The Balaban J connectivity index is 1.60. The van der Waals surface area contributed by atoms with E-state index in [1.54, 1.807) is 11.1 Å². The van der Waals surface area contributed by atoms with Gasteiger partial charge in [0.15, 0.2) is 12.1 Å². The van der Waals surface area contributed by atoms with E-state index in [2.05, 4.69) is 10.3 Å². The highest BCUT2D eigenvalue weighted by Gasteiger charge is 2.54. The van der Waals surface area contributed by atoms with Crippen molar-refractivity contribution >= 4 is 17.5 Å². The fourth-order valence-electron chi connectivity index (χ4n) is 3.35. The van der Waals surface area contributed by atoms with Crippen molar-refractivity contribution < 1.29 is 9.59 Å². The summed E-state index contributed by atoms with van der Waals surface area (Å²) in [6.45, 7) is 6.44. The summed E-state index contributed by atoms with van der Waals surface area (Å²) in [5.74, 6) is -0.571. The van der Waals surface area contributed by atoms with Gasteiger partial charge in [-0.15, -0.1) is 0 Å². The van der Waals surface area contributed by atoms with Crippen LogP contribution in [0.2, 0.25) is 0 Å². The second-order valence-electron chi connectivity index (χ2n) is 6.96. The van der Waals surface area contributed by atoms with Gasteiger partial charge in [-0.05, 0) is 49.6 Å². The summed E-state index contributed by atoms with van der Waals surface area (Å²) in [5, 5.41) is 9.79. The second kappa shape index (κ2) is 6.05. The lowest BCUT2D eigenvalue weighted by Crippen LogP contribution is -2.39. The van der Waals surface area contributed by atoms with E-state index in [0.717, 1.165) is 16.7 Å². The Kier molecular flexibility index (Phi) is 3.83. The lowest BCUT2D eigenvalue weighted by Gasteiger charge is -2.21. The fourth-order valence-corrected chi connectivity index (χ4v) is 3.35. The minimum atomic E-state index is -0.755. The third-order valence-corrected chi connectivity index (χ3v) is 5.07. The van der Waals surface area contributed by atoms with Crippen molar-refractivity contribution in [3.05, 3.63) is 64.7 Å². The highest BCUT2D eigenvalue weighted by atomic mass is 16.2. The highest BCUT2D eigenvalue weighted by molar-refractivity contribution is 6.25. The van der Waals surface area contributed by atoms with E-state index in [4.69, 9.17) is 0 Å². The number of carbonyl (C=O) groups excluding carboxylic acids is 2. The molecule has 6 nitrogen and oxygen atoms in total. The number of rotatable bonds is 3. The van der Waals surface area contributed by atoms with Gasteiger partial charge in [0.2, 0.25) is 0 Å². The van der Waals surface area contributed by atoms with Crippen molar-refractivity contribution in [1.82, 2.24) is 5.01 Å². The molecule has 0 saturated carbocycles. The Labute approximate surface area is 152 Å². The third-order valence-electron chi connectivity index (χ3n) is 5.07. The first-order valence-corrected chi connectivity index (χ1v) is 8.64. The molecule has 2 aliphatic rings. The molecule has 2 aromatic carbocycles. The van der Waals surface area contributed by atoms with E-state index in [1.807, 2.05) is 57.2 Å². The van der Waals surface area contributed by atoms with Gasteiger partial charge in [0, 0.05) is 0 Å². The maximum atomic E-state index is 13.0. The monoisotopic (exact) mass is 348 g/mol. The van der Waals surface area contributed by atoms with Crippen LogP contribution in [-0.2, 0) is 16.1 Å². The van der Waals surface area contributed by atoms with Crippen LogP contribution < -0.4 is 4.90 Å². The summed E-state index contributed by atoms with van der Waals surface area (Å²) in [6, 6.07) is 12.2. The van der Waals surface area contributed by atoms with Crippen LogP contribution in [0.5, 0.6) is 0 Å². The molecule has 0 aliphatic carbocycles. The minimum Gasteiger partial charge on any atom is -0.271 e. The third kappa shape index (κ3) is 2.58. The van der Waals surface area contributed by atoms with Crippen LogP contribution in [0.15, 0.2) is 52.8 Å². The smallest absolute Gasteiger partial charge is 0.263 e. The number of nitrogens with zero attached hydrogens (tertiary/aromatic N) is 4. The number of hydrogen-bond acceptors (Lipinski definition) is 5. The van der Waals surface area contributed by atoms with E-state index >= 15 is 0 Å². The van der Waals surface area contributed by atoms with Gasteiger partial charge in [0.25, 0.3) is 11.8 Å². The molecule has 0 unspecified atom stereocenters. The molecule has 0 N–H and O–H groups in total. The maximum absolute atomic E-state index is 13.0. The number of amides is 2. The van der Waals surface area contributed by atoms with E-state index in [0.29, 0.717) is 12.2 Å². The van der Waals surface area contributed by atoms with Gasteiger partial charge in [-0.1, -0.05) is 41.1 Å². The highest BCUT2D eigenvalue weighted by Crippen LogP contribution is 2.33. The van der Waals surface area contributed by atoms with Gasteiger partial charge < -0.3 is 0 Å². The van der Waals surface area contributed by atoms with Gasteiger partial charge in [-0.2, -0.15) is 5.11 Å². The van der Waals surface area contributed by atoms with Crippen molar-refractivity contribution in [2.75, 3.05) is 4.90 Å². The van der Waals surface area contributed by atoms with Crippen LogP contribution >= 0.6 is 0 Å². The molecule has 4 rings (SSSR count). The first-order valence-electron chi connectivity index (χ1n) is 8.64. The van der Waals surface area contributed by atoms with E-state index in [-0.39, 0.29) is 11.8 Å². The Morgan fingerprint density at radius 2 is 1.65 bits per heavy atom. The van der Waals surface area contributed by atoms with E-state index in [9.17, 15) is 9.59 Å². The van der Waals surface area contributed by atoms with Crippen LogP contribution in [0.4, 0.5) is 5.69 Å². The zero-order chi connectivity index (χ0) is 18.4. The summed E-state index contributed by atoms with van der Waals surface area (Å²) < 4.78 is 0. The lowest BCUT2D eigenvalue weighted by atomic mass is 10.1. The molecule has 1 saturated heterocycles. The molecule has 2 aromatic rings. The summed E-state index contributed by atoms with van der Waals surface area (Å²) in [4.78, 5) is 27.0. The molecule has 0 aromatic heterocycles. The molecule has 26 heavy (non-hydrogen) atoms. The predicted octanol–water partition coefficient (Wildman–Crippen LogP) is 3.11. The molecule has 2 aliphatic heterocycles. The average Bonchev–Trinajstić information content (AvgIpc) is 3.13. The summed E-state index contributed by atoms with van der Waals surface area (Å²) >= 11 is 0. The zero-order valence-corrected chi connectivity index (χ0v) is 15.0. The van der Waals surface area contributed by atoms with Crippen LogP contribution in [0, 0.1) is 20.8 Å². The molecule has 2 atom stereocenters. The summed E-state index contributed by atoms with van der Waals surface area (Å²) in [5.41, 5.74) is 4.96. The zero-order valence-electron chi connectivity index (χ0n) is 15.0. The Hall–Kier alpha value is -3.02. The van der Waals surface area contributed by atoms with Gasteiger partial charge in [0.05, 0.1) is 12.2 Å². The Morgan fingerprint density at radius 1 is 0.923 bits per heavy atom. The van der Waals surface area contributed by atoms with Crippen molar-refractivity contribution in [2.45, 2.75) is 39.4 Å². The van der Waals surface area contributed by atoms with Gasteiger partial charge in [-0.3, -0.25) is 14.6 Å². The number of hydrogen-bond donors (Lipinski definition) is 0. The van der Waals surface area contributed by atoms with Crippen molar-refractivity contribution in [3.8, 4) is 0 Å². The van der Waals surface area contributed by atoms with Crippen LogP contribution in [0.1, 0.15) is 22.3 Å². The molecule has 1 fully saturated rings. The normalized spacial score (nSPS) is 21.7. The number of aryl methyl sites for hydroxylation is 3. The quantitative estimate of drug-likeness (QED) is 0.801. The molecule has 0 spiro atoms. The first-order chi connectivity index (χ1) is 12.5. The van der Waals surface area contributed by atoms with Crippen molar-refractivity contribution in [1.29, 1.82) is 0 Å². The summed E-state index contributed by atoms with van der Waals surface area (Å²) in [6.07, 6.45) is 0. The van der Waals surface area contributed by atoms with Gasteiger partial charge >= 0.3 is 0 Å². The topological polar surface area (TPSA) is 65.3 Å². The molecular formula is C20H20N4O2. The van der Waals surface area contributed by atoms with Crippen molar-refractivity contribution in [3.63, 3.8) is 0 Å². The number of benzene rings is 2. The van der Waals surface area contributed by atoms with Gasteiger partial charge in [-0.25, -0.2) is 4.90 Å². The molecule has 6 heteroatoms. The second-order valence-corrected chi connectivity index (χ2v) is 6.96. The maximum Gasteiger partial charge on any atom is 0.263 e. The average molecular weight is 348 g/mol. The van der Waals surface area contributed by atoms with E-state index in [1.165, 1.54) is 10.5 Å². The molecule has 2 heterocycles. The molecule has 0 bridgehead atoms. The Bertz CT molecular complexity index is 920. The molecular weight excluding hydrogens is 328 g/mol. The first kappa shape index (κ1) is 16.4. The minimum absolute atomic E-state index is 0.264.